The predicted molar refractivity (Wildman–Crippen MR) is 132 cm³/mol. The zero-order valence-corrected chi connectivity index (χ0v) is 20.3. The van der Waals surface area contributed by atoms with Crippen molar-refractivity contribution < 1.29 is 26.8 Å². The van der Waals surface area contributed by atoms with Crippen LogP contribution in [0, 0.1) is 0 Å². The summed E-state index contributed by atoms with van der Waals surface area (Å²) in [5.74, 6) is -0.495. The lowest BCUT2D eigenvalue weighted by Gasteiger charge is -2.12. The van der Waals surface area contributed by atoms with E-state index in [0.717, 1.165) is 25.0 Å². The third kappa shape index (κ3) is 9.56. The topological polar surface area (TPSA) is 116 Å². The first kappa shape index (κ1) is 27.4. The fraction of sp³-hybridized carbons (Fsp3) is 0.364. The minimum absolute atomic E-state index is 0.0380. The first-order valence-electron chi connectivity index (χ1n) is 10.7. The second kappa shape index (κ2) is 13.8. The van der Waals surface area contributed by atoms with Gasteiger partial charge in [-0.1, -0.05) is 32.3 Å². The van der Waals surface area contributed by atoms with Gasteiger partial charge in [0.1, 0.15) is 0 Å². The number of halogens is 2. The van der Waals surface area contributed by atoms with E-state index in [-0.39, 0.29) is 22.2 Å². The largest absolute Gasteiger partial charge is 0.325 e. The van der Waals surface area contributed by atoms with Crippen LogP contribution < -0.4 is 20.9 Å². The van der Waals surface area contributed by atoms with Gasteiger partial charge in [0.15, 0.2) is 0 Å². The van der Waals surface area contributed by atoms with Crippen LogP contribution >= 0.6 is 11.8 Å². The molecule has 0 spiro atoms. The van der Waals surface area contributed by atoms with Gasteiger partial charge in [-0.15, -0.1) is 0 Å². The van der Waals surface area contributed by atoms with Gasteiger partial charge in [0, 0.05) is 11.4 Å². The van der Waals surface area contributed by atoms with Crippen LogP contribution in [0.5, 0.6) is 0 Å². The standard InChI is InChI=1S/C22H28F2N4O4S2/c1-2-3-4-5-13-33-15-20(29)25-18-7-6-8-19(14-18)34(31,32)28-17-11-9-16(10-12-17)26-27-22(30)21(23)24/h6-12,14,21,26,28H,2-5,13,15H2,1H3,(H,25,29)(H,27,30). The van der Waals surface area contributed by atoms with Crippen LogP contribution in [-0.4, -0.2) is 38.2 Å². The van der Waals surface area contributed by atoms with Crippen LogP contribution in [0.4, 0.5) is 25.8 Å². The van der Waals surface area contributed by atoms with Crippen molar-refractivity contribution in [3.8, 4) is 0 Å². The Hall–Kier alpha value is -2.86. The molecule has 2 aromatic rings. The van der Waals surface area contributed by atoms with E-state index < -0.39 is 22.4 Å². The molecule has 2 aromatic carbocycles. The first-order chi connectivity index (χ1) is 16.2. The maximum Gasteiger partial charge on any atom is 0.317 e. The van der Waals surface area contributed by atoms with Crippen molar-refractivity contribution in [3.63, 3.8) is 0 Å². The van der Waals surface area contributed by atoms with Gasteiger partial charge in [-0.25, -0.2) is 8.42 Å². The number of amides is 2. The Bertz CT molecular complexity index is 1050. The van der Waals surface area contributed by atoms with Gasteiger partial charge in [-0.3, -0.25) is 25.2 Å². The molecule has 0 heterocycles. The minimum Gasteiger partial charge on any atom is -0.325 e. The minimum atomic E-state index is -3.95. The Kier molecular flexibility index (Phi) is 11.1. The van der Waals surface area contributed by atoms with Gasteiger partial charge < -0.3 is 5.32 Å². The van der Waals surface area contributed by atoms with E-state index in [9.17, 15) is 26.8 Å². The molecule has 0 saturated heterocycles. The highest BCUT2D eigenvalue weighted by atomic mass is 32.2. The smallest absolute Gasteiger partial charge is 0.317 e. The number of benzene rings is 2. The number of rotatable bonds is 14. The highest BCUT2D eigenvalue weighted by molar-refractivity contribution is 7.99. The molecular weight excluding hydrogens is 486 g/mol. The lowest BCUT2D eigenvalue weighted by Crippen LogP contribution is -2.34. The van der Waals surface area contributed by atoms with Gasteiger partial charge in [-0.2, -0.15) is 20.5 Å². The van der Waals surface area contributed by atoms with Gasteiger partial charge in [0.05, 0.1) is 16.3 Å². The summed E-state index contributed by atoms with van der Waals surface area (Å²) >= 11 is 1.54. The van der Waals surface area contributed by atoms with Crippen molar-refractivity contribution in [1.82, 2.24) is 5.43 Å². The highest BCUT2D eigenvalue weighted by Crippen LogP contribution is 2.21. The van der Waals surface area contributed by atoms with Crippen LogP contribution in [-0.2, 0) is 19.6 Å². The maximum atomic E-state index is 12.7. The molecule has 0 radical (unpaired) electrons. The van der Waals surface area contributed by atoms with E-state index in [2.05, 4.69) is 22.4 Å². The van der Waals surface area contributed by atoms with Crippen molar-refractivity contribution in [2.24, 2.45) is 0 Å². The number of hydrogen-bond acceptors (Lipinski definition) is 6. The monoisotopic (exact) mass is 514 g/mol. The van der Waals surface area contributed by atoms with E-state index in [4.69, 9.17) is 0 Å². The summed E-state index contributed by atoms with van der Waals surface area (Å²) in [4.78, 5) is 23.0. The predicted octanol–water partition coefficient (Wildman–Crippen LogP) is 4.45. The Morgan fingerprint density at radius 2 is 1.68 bits per heavy atom. The van der Waals surface area contributed by atoms with Crippen molar-refractivity contribution in [2.45, 2.75) is 43.9 Å². The summed E-state index contributed by atoms with van der Waals surface area (Å²) in [6.07, 6.45) is 1.39. The number of carbonyl (C=O) groups is 2. The van der Waals surface area contributed by atoms with Crippen molar-refractivity contribution in [3.05, 3.63) is 48.5 Å². The Labute approximate surface area is 202 Å². The molecule has 0 bridgehead atoms. The van der Waals surface area contributed by atoms with Crippen molar-refractivity contribution in [2.75, 3.05) is 27.0 Å². The molecular formula is C22H28F2N4O4S2. The Morgan fingerprint density at radius 1 is 0.971 bits per heavy atom. The van der Waals surface area contributed by atoms with Gasteiger partial charge in [-0.05, 0) is 54.6 Å². The Morgan fingerprint density at radius 3 is 2.35 bits per heavy atom. The molecule has 0 fully saturated rings. The summed E-state index contributed by atoms with van der Waals surface area (Å²) in [5, 5.41) is 2.71. The van der Waals surface area contributed by atoms with Crippen LogP contribution in [0.1, 0.15) is 32.6 Å². The average Bonchev–Trinajstić information content (AvgIpc) is 2.80. The number of nitrogens with one attached hydrogen (secondary N) is 4. The van der Waals surface area contributed by atoms with E-state index in [1.807, 2.05) is 5.43 Å². The zero-order chi connectivity index (χ0) is 25.0. The summed E-state index contributed by atoms with van der Waals surface area (Å²) in [7, 11) is -3.95. The van der Waals surface area contributed by atoms with Crippen LogP contribution in [0.3, 0.4) is 0 Å². The molecule has 0 saturated carbocycles. The number of thioether (sulfide) groups is 1. The first-order valence-corrected chi connectivity index (χ1v) is 13.3. The number of anilines is 3. The lowest BCUT2D eigenvalue weighted by molar-refractivity contribution is -0.131. The Balaban J connectivity index is 1.91. The quantitative estimate of drug-likeness (QED) is 0.219. The summed E-state index contributed by atoms with van der Waals surface area (Å²) in [6, 6.07) is 11.5. The van der Waals surface area contributed by atoms with Crippen molar-refractivity contribution >= 4 is 50.7 Å². The third-order valence-electron chi connectivity index (χ3n) is 4.47. The van der Waals surface area contributed by atoms with Gasteiger partial charge in [0.2, 0.25) is 5.91 Å². The second-order valence-corrected chi connectivity index (χ2v) is 10.1. The molecule has 2 rings (SSSR count). The van der Waals surface area contributed by atoms with Crippen LogP contribution in [0.25, 0.3) is 0 Å². The summed E-state index contributed by atoms with van der Waals surface area (Å²) in [5.41, 5.74) is 5.00. The molecule has 0 aliphatic rings. The van der Waals surface area contributed by atoms with E-state index in [0.29, 0.717) is 11.4 Å². The number of unbranched alkanes of at least 4 members (excludes halogenated alkanes) is 3. The lowest BCUT2D eigenvalue weighted by atomic mass is 10.2. The average molecular weight is 515 g/mol. The van der Waals surface area contributed by atoms with Crippen LogP contribution in [0.15, 0.2) is 53.4 Å². The molecule has 8 nitrogen and oxygen atoms in total. The van der Waals surface area contributed by atoms with Crippen LogP contribution in [0.2, 0.25) is 0 Å². The fourth-order valence-electron chi connectivity index (χ4n) is 2.76. The number of sulfonamides is 1. The molecule has 0 aromatic heterocycles. The summed E-state index contributed by atoms with van der Waals surface area (Å²) in [6.45, 7) is 2.14. The number of hydrazine groups is 1. The maximum absolute atomic E-state index is 12.7. The molecule has 0 unspecified atom stereocenters. The van der Waals surface area contributed by atoms with Gasteiger partial charge in [0.25, 0.3) is 10.0 Å². The SMILES string of the molecule is CCCCCCSCC(=O)Nc1cccc(S(=O)(=O)Nc2ccc(NNC(=O)C(F)F)cc2)c1. The van der Waals surface area contributed by atoms with E-state index in [1.54, 1.807) is 17.8 Å². The molecule has 0 aliphatic heterocycles. The molecule has 2 amide bonds. The number of carbonyl (C=O) groups excluding carboxylic acids is 2. The highest BCUT2D eigenvalue weighted by Gasteiger charge is 2.16. The molecule has 34 heavy (non-hydrogen) atoms. The molecule has 4 N–H and O–H groups in total. The fourth-order valence-corrected chi connectivity index (χ4v) is 4.67. The molecule has 12 heteroatoms. The molecule has 186 valence electrons. The zero-order valence-electron chi connectivity index (χ0n) is 18.6. The molecule has 0 aliphatic carbocycles. The van der Waals surface area contributed by atoms with E-state index in [1.165, 1.54) is 48.9 Å². The number of hydrogen-bond donors (Lipinski definition) is 4. The third-order valence-corrected chi connectivity index (χ3v) is 6.89. The van der Waals surface area contributed by atoms with E-state index >= 15 is 0 Å². The molecule has 0 atom stereocenters. The number of alkyl halides is 2. The van der Waals surface area contributed by atoms with Gasteiger partial charge >= 0.3 is 12.3 Å². The summed E-state index contributed by atoms with van der Waals surface area (Å²) < 4.78 is 52.2. The second-order valence-electron chi connectivity index (χ2n) is 7.29. The normalized spacial score (nSPS) is 11.2. The van der Waals surface area contributed by atoms with Crippen molar-refractivity contribution in [1.29, 1.82) is 0 Å².